The lowest BCUT2D eigenvalue weighted by molar-refractivity contribution is 0.0382. The summed E-state index contributed by atoms with van der Waals surface area (Å²) in [6, 6.07) is 10.7. The zero-order valence-corrected chi connectivity index (χ0v) is 22.8. The molecule has 1 aliphatic carbocycles. The molecule has 6 rings (SSSR count). The molecule has 1 saturated heterocycles. The second-order valence-electron chi connectivity index (χ2n) is 9.96. The van der Waals surface area contributed by atoms with Crippen LogP contribution in [0.2, 0.25) is 10.0 Å². The lowest BCUT2D eigenvalue weighted by atomic mass is 10.1. The molecule has 3 heterocycles. The topological polar surface area (TPSA) is 88.1 Å². The van der Waals surface area contributed by atoms with Crippen molar-refractivity contribution in [3.63, 3.8) is 0 Å². The number of hydrogen-bond acceptors (Lipinski definition) is 5. The van der Waals surface area contributed by atoms with Crippen molar-refractivity contribution < 1.29 is 9.53 Å². The fraction of sp³-hybridized carbons (Fsp3) is 0.393. The average Bonchev–Trinajstić information content (AvgIpc) is 3.62. The third kappa shape index (κ3) is 5.06. The van der Waals surface area contributed by atoms with E-state index in [1.54, 1.807) is 12.1 Å². The highest BCUT2D eigenvalue weighted by Crippen LogP contribution is 2.31. The summed E-state index contributed by atoms with van der Waals surface area (Å²) >= 11 is 12.9. The molecule has 0 spiro atoms. The molecule has 0 bridgehead atoms. The first-order chi connectivity index (χ1) is 18.5. The SMILES string of the molecule is C[C@H](NC(=O)c1ccc(-n2c(CCN3CCOCC3)nc3c2CCC3)c(Cl)c1)c1nc2ccc(Cl)cc2[nH]1. The van der Waals surface area contributed by atoms with Gasteiger partial charge in [-0.15, -0.1) is 0 Å². The van der Waals surface area contributed by atoms with Gasteiger partial charge < -0.3 is 15.0 Å². The highest BCUT2D eigenvalue weighted by atomic mass is 35.5. The monoisotopic (exact) mass is 552 g/mol. The second kappa shape index (κ2) is 10.7. The smallest absolute Gasteiger partial charge is 0.251 e. The molecule has 2 N–H and O–H groups in total. The van der Waals surface area contributed by atoms with Crippen LogP contribution in [0.4, 0.5) is 0 Å². The number of hydrogen-bond donors (Lipinski definition) is 2. The lowest BCUT2D eigenvalue weighted by Crippen LogP contribution is -2.37. The van der Waals surface area contributed by atoms with E-state index in [2.05, 4.69) is 24.8 Å². The molecular formula is C28H30Cl2N6O2. The summed E-state index contributed by atoms with van der Waals surface area (Å²) in [4.78, 5) is 28.3. The maximum Gasteiger partial charge on any atom is 0.251 e. The van der Waals surface area contributed by atoms with Gasteiger partial charge in [0.1, 0.15) is 11.6 Å². The van der Waals surface area contributed by atoms with E-state index in [1.807, 2.05) is 31.2 Å². The summed E-state index contributed by atoms with van der Waals surface area (Å²) in [5.41, 5.74) is 5.41. The van der Waals surface area contributed by atoms with Gasteiger partial charge >= 0.3 is 0 Å². The van der Waals surface area contributed by atoms with Crippen LogP contribution in [0.3, 0.4) is 0 Å². The van der Waals surface area contributed by atoms with E-state index in [9.17, 15) is 4.79 Å². The summed E-state index contributed by atoms with van der Waals surface area (Å²) in [5.74, 6) is 1.48. The number of ether oxygens (including phenoxy) is 1. The third-order valence-corrected chi connectivity index (χ3v) is 7.92. The average molecular weight is 553 g/mol. The van der Waals surface area contributed by atoms with Crippen LogP contribution in [0.15, 0.2) is 36.4 Å². The maximum atomic E-state index is 13.1. The molecule has 2 aromatic heterocycles. The normalized spacial score (nSPS) is 16.6. The number of carbonyl (C=O) groups excluding carboxylic acids is 1. The van der Waals surface area contributed by atoms with Crippen molar-refractivity contribution in [3.05, 3.63) is 75.0 Å². The van der Waals surface area contributed by atoms with Crippen molar-refractivity contribution in [2.45, 2.75) is 38.6 Å². The predicted octanol–water partition coefficient (Wildman–Crippen LogP) is 4.91. The van der Waals surface area contributed by atoms with Gasteiger partial charge in [-0.2, -0.15) is 0 Å². The molecule has 1 fully saturated rings. The highest BCUT2D eigenvalue weighted by Gasteiger charge is 2.25. The molecular weight excluding hydrogens is 523 g/mol. The first-order valence-electron chi connectivity index (χ1n) is 13.1. The molecule has 1 amide bonds. The number of imidazole rings is 2. The van der Waals surface area contributed by atoms with Crippen LogP contribution >= 0.6 is 23.2 Å². The van der Waals surface area contributed by atoms with Crippen LogP contribution in [0, 0.1) is 0 Å². The van der Waals surface area contributed by atoms with Gasteiger partial charge in [-0.1, -0.05) is 23.2 Å². The molecule has 8 nitrogen and oxygen atoms in total. The highest BCUT2D eigenvalue weighted by molar-refractivity contribution is 6.32. The number of H-pyrrole nitrogens is 1. The summed E-state index contributed by atoms with van der Waals surface area (Å²) in [7, 11) is 0. The number of fused-ring (bicyclic) bond motifs is 2. The molecule has 4 aromatic rings. The number of nitrogens with one attached hydrogen (secondary N) is 2. The molecule has 38 heavy (non-hydrogen) atoms. The van der Waals surface area contributed by atoms with Gasteiger partial charge in [0.25, 0.3) is 5.91 Å². The van der Waals surface area contributed by atoms with Crippen LogP contribution in [-0.4, -0.2) is 63.2 Å². The standard InChI is InChI=1S/C28H30Cl2N6O2/c1-17(27-33-21-7-6-19(29)16-23(21)34-27)31-28(37)18-5-8-24(20(30)15-18)36-25-4-2-3-22(25)32-26(36)9-10-35-11-13-38-14-12-35/h5-8,15-17H,2-4,9-14H2,1H3,(H,31,37)(H,33,34)/t17-/m0/s1. The quantitative estimate of drug-likeness (QED) is 0.340. The number of benzene rings is 2. The Kier molecular flexibility index (Phi) is 7.14. The van der Waals surface area contributed by atoms with Gasteiger partial charge in [0, 0.05) is 42.3 Å². The Morgan fingerprint density at radius 1 is 1.13 bits per heavy atom. The van der Waals surface area contributed by atoms with E-state index in [4.69, 9.17) is 32.9 Å². The largest absolute Gasteiger partial charge is 0.379 e. The van der Waals surface area contributed by atoms with Crippen LogP contribution in [-0.2, 0) is 24.0 Å². The molecule has 1 atom stereocenters. The Labute approximate surface area is 231 Å². The number of aromatic amines is 1. The van der Waals surface area contributed by atoms with E-state index in [1.165, 1.54) is 11.4 Å². The van der Waals surface area contributed by atoms with Crippen molar-refractivity contribution >= 4 is 40.1 Å². The first-order valence-corrected chi connectivity index (χ1v) is 13.9. The molecule has 10 heteroatoms. The number of halogens is 2. The van der Waals surface area contributed by atoms with Crippen molar-refractivity contribution in [1.29, 1.82) is 0 Å². The van der Waals surface area contributed by atoms with Crippen LogP contribution < -0.4 is 5.32 Å². The van der Waals surface area contributed by atoms with Crippen LogP contribution in [0.5, 0.6) is 0 Å². The molecule has 0 unspecified atom stereocenters. The number of morpholine rings is 1. The molecule has 1 aliphatic heterocycles. The molecule has 0 saturated carbocycles. The first kappa shape index (κ1) is 25.4. The lowest BCUT2D eigenvalue weighted by Gasteiger charge is -2.26. The minimum absolute atomic E-state index is 0.215. The van der Waals surface area contributed by atoms with E-state index in [0.29, 0.717) is 21.4 Å². The Bertz CT molecular complexity index is 1490. The van der Waals surface area contributed by atoms with Crippen molar-refractivity contribution in [1.82, 2.24) is 29.7 Å². The number of aromatic nitrogens is 4. The van der Waals surface area contributed by atoms with Gasteiger partial charge in [-0.25, -0.2) is 9.97 Å². The number of carbonyl (C=O) groups is 1. The van der Waals surface area contributed by atoms with Crippen LogP contribution in [0.25, 0.3) is 16.7 Å². The Balaban J connectivity index is 1.21. The third-order valence-electron chi connectivity index (χ3n) is 7.38. The van der Waals surface area contributed by atoms with E-state index < -0.39 is 0 Å². The van der Waals surface area contributed by atoms with Crippen molar-refractivity contribution in [3.8, 4) is 5.69 Å². The van der Waals surface area contributed by atoms with Gasteiger partial charge in [0.15, 0.2) is 0 Å². The number of nitrogens with zero attached hydrogens (tertiary/aromatic N) is 4. The Morgan fingerprint density at radius 2 is 1.97 bits per heavy atom. The minimum atomic E-state index is -0.323. The molecule has 2 aromatic carbocycles. The minimum Gasteiger partial charge on any atom is -0.379 e. The van der Waals surface area contributed by atoms with E-state index in [0.717, 1.165) is 81.1 Å². The zero-order valence-electron chi connectivity index (χ0n) is 21.3. The van der Waals surface area contributed by atoms with E-state index >= 15 is 0 Å². The van der Waals surface area contributed by atoms with Gasteiger partial charge in [0.2, 0.25) is 0 Å². The van der Waals surface area contributed by atoms with Crippen molar-refractivity contribution in [2.24, 2.45) is 0 Å². The summed E-state index contributed by atoms with van der Waals surface area (Å²) < 4.78 is 7.70. The maximum absolute atomic E-state index is 13.1. The Morgan fingerprint density at radius 3 is 2.79 bits per heavy atom. The van der Waals surface area contributed by atoms with Gasteiger partial charge in [-0.05, 0) is 62.6 Å². The van der Waals surface area contributed by atoms with Gasteiger partial charge in [-0.3, -0.25) is 14.3 Å². The van der Waals surface area contributed by atoms with E-state index in [-0.39, 0.29) is 11.9 Å². The Hall–Kier alpha value is -2.91. The van der Waals surface area contributed by atoms with Crippen molar-refractivity contribution in [2.75, 3.05) is 32.8 Å². The summed E-state index contributed by atoms with van der Waals surface area (Å²) in [6.07, 6.45) is 3.92. The summed E-state index contributed by atoms with van der Waals surface area (Å²) in [5, 5.41) is 4.18. The second-order valence-corrected chi connectivity index (χ2v) is 10.8. The molecule has 0 radical (unpaired) electrons. The van der Waals surface area contributed by atoms with Crippen LogP contribution in [0.1, 0.15) is 52.8 Å². The molecule has 2 aliphatic rings. The molecule has 198 valence electrons. The number of amides is 1. The summed E-state index contributed by atoms with van der Waals surface area (Å²) in [6.45, 7) is 6.29. The zero-order chi connectivity index (χ0) is 26.2. The number of aryl methyl sites for hydroxylation is 1. The fourth-order valence-corrected chi connectivity index (χ4v) is 5.79. The number of rotatable bonds is 7. The predicted molar refractivity (Wildman–Crippen MR) is 149 cm³/mol. The fourth-order valence-electron chi connectivity index (χ4n) is 5.35. The van der Waals surface area contributed by atoms with Gasteiger partial charge in [0.05, 0.1) is 46.7 Å².